The summed E-state index contributed by atoms with van der Waals surface area (Å²) < 4.78 is 39.0. The fourth-order valence-electron chi connectivity index (χ4n) is 1.25. The molecule has 1 atom stereocenters. The van der Waals surface area contributed by atoms with E-state index in [4.69, 9.17) is 0 Å². The van der Waals surface area contributed by atoms with Crippen molar-refractivity contribution in [3.63, 3.8) is 0 Å². The third kappa shape index (κ3) is 8.72. The van der Waals surface area contributed by atoms with Gasteiger partial charge in [0.15, 0.2) is 0 Å². The fourth-order valence-corrected chi connectivity index (χ4v) is 1.77. The highest BCUT2D eigenvalue weighted by Crippen LogP contribution is 2.07. The second kappa shape index (κ2) is 6.90. The quantitative estimate of drug-likeness (QED) is 0.431. The van der Waals surface area contributed by atoms with E-state index in [2.05, 4.69) is 32.0 Å². The van der Waals surface area contributed by atoms with Crippen LogP contribution in [0.5, 0.6) is 0 Å². The highest BCUT2D eigenvalue weighted by Gasteiger charge is 2.20. The summed E-state index contributed by atoms with van der Waals surface area (Å²) in [6.45, 7) is 4.41. The van der Waals surface area contributed by atoms with Crippen molar-refractivity contribution in [3.05, 3.63) is 29.3 Å². The van der Waals surface area contributed by atoms with Gasteiger partial charge in [-0.15, -0.1) is 0 Å². The van der Waals surface area contributed by atoms with E-state index >= 15 is 0 Å². The molecule has 0 saturated carbocycles. The number of rotatable bonds is 2. The molecular weight excluding hydrogens is 238 g/mol. The van der Waals surface area contributed by atoms with E-state index in [0.29, 0.717) is 0 Å². The molecule has 0 aromatic heterocycles. The summed E-state index contributed by atoms with van der Waals surface area (Å²) in [5, 5.41) is 1.42. The Kier molecular flexibility index (Phi) is 6.65. The molecule has 92 valence electrons. The van der Waals surface area contributed by atoms with Crippen molar-refractivity contribution in [2.24, 2.45) is 0 Å². The van der Waals surface area contributed by atoms with Crippen LogP contribution in [0.15, 0.2) is 18.2 Å². The summed E-state index contributed by atoms with van der Waals surface area (Å²) in [7, 11) is -4.03. The third-order valence-electron chi connectivity index (χ3n) is 1.93. The molecule has 0 heterocycles. The standard InChI is InChI=1S/C10H15P.BF4/c1-3-8-5-9(4-2)7-10(11)6-8;2-1(3,4)5/h5-7H,3-4,11H2,1-2H3;/q;-1/p+1. The van der Waals surface area contributed by atoms with Crippen LogP contribution in [0, 0.1) is 0 Å². The molecule has 1 unspecified atom stereocenters. The van der Waals surface area contributed by atoms with Gasteiger partial charge in [-0.1, -0.05) is 19.9 Å². The Hall–Kier alpha value is -0.565. The van der Waals surface area contributed by atoms with Crippen molar-refractivity contribution >= 4 is 21.8 Å². The van der Waals surface area contributed by atoms with Crippen LogP contribution in [-0.4, -0.2) is 7.25 Å². The molecule has 1 rings (SSSR count). The Bertz CT molecular complexity index is 297. The van der Waals surface area contributed by atoms with E-state index in [0.717, 1.165) is 12.8 Å². The minimum atomic E-state index is -6.00. The molecule has 1 aromatic rings. The average molecular weight is 254 g/mol. The van der Waals surface area contributed by atoms with Crippen molar-refractivity contribution in [2.75, 3.05) is 0 Å². The maximum atomic E-state index is 9.75. The minimum absolute atomic E-state index is 1.15. The van der Waals surface area contributed by atoms with Gasteiger partial charge in [0.25, 0.3) is 0 Å². The molecule has 0 amide bonds. The smallest absolute Gasteiger partial charge is 0.418 e. The highest BCUT2D eigenvalue weighted by molar-refractivity contribution is 7.27. The summed E-state index contributed by atoms with van der Waals surface area (Å²) in [5.74, 6) is 0. The Balaban J connectivity index is 0.000000385. The first-order valence-electron chi connectivity index (χ1n) is 5.08. The molecule has 0 nitrogen and oxygen atoms in total. The van der Waals surface area contributed by atoms with Crippen molar-refractivity contribution < 1.29 is 17.3 Å². The van der Waals surface area contributed by atoms with E-state index in [9.17, 15) is 17.3 Å². The zero-order chi connectivity index (χ0) is 12.8. The van der Waals surface area contributed by atoms with E-state index in [1.165, 1.54) is 16.4 Å². The largest absolute Gasteiger partial charge is 0.673 e. The van der Waals surface area contributed by atoms with Crippen LogP contribution in [0.3, 0.4) is 0 Å². The van der Waals surface area contributed by atoms with Crippen LogP contribution >= 0.6 is 9.24 Å². The maximum absolute atomic E-state index is 9.75. The normalized spacial score (nSPS) is 10.9. The van der Waals surface area contributed by atoms with Crippen LogP contribution in [0.2, 0.25) is 0 Å². The van der Waals surface area contributed by atoms with Gasteiger partial charge in [0.2, 0.25) is 0 Å². The lowest BCUT2D eigenvalue weighted by Gasteiger charge is -2.00. The van der Waals surface area contributed by atoms with Gasteiger partial charge in [-0.05, 0) is 36.1 Å². The first kappa shape index (κ1) is 15.4. The van der Waals surface area contributed by atoms with E-state index in [1.54, 1.807) is 0 Å². The van der Waals surface area contributed by atoms with E-state index < -0.39 is 7.25 Å². The highest BCUT2D eigenvalue weighted by atomic mass is 31.0. The molecule has 0 aliphatic rings. The van der Waals surface area contributed by atoms with Crippen molar-refractivity contribution in [3.8, 4) is 0 Å². The molecule has 0 saturated heterocycles. The number of hydrogen-bond donors (Lipinski definition) is 0. The van der Waals surface area contributed by atoms with Gasteiger partial charge in [-0.2, -0.15) is 0 Å². The molecule has 1 aromatic carbocycles. The molecule has 0 bridgehead atoms. The molecular formula is C10H16BF4P. The molecule has 0 aliphatic heterocycles. The SMILES string of the molecule is CCc1cc([PH3+])cc(CC)c1.F[B-](F)(F)F. The molecule has 16 heavy (non-hydrogen) atoms. The first-order chi connectivity index (χ1) is 7.26. The molecule has 0 fully saturated rings. The Morgan fingerprint density at radius 1 is 0.938 bits per heavy atom. The lowest BCUT2D eigenvalue weighted by Crippen LogP contribution is -2.02. The fraction of sp³-hybridized carbons (Fsp3) is 0.400. The van der Waals surface area contributed by atoms with E-state index in [1.807, 2.05) is 9.24 Å². The van der Waals surface area contributed by atoms with Gasteiger partial charge in [-0.25, -0.2) is 0 Å². The Morgan fingerprint density at radius 3 is 1.50 bits per heavy atom. The lowest BCUT2D eigenvalue weighted by molar-refractivity contribution is 0.368. The van der Waals surface area contributed by atoms with Gasteiger partial charge in [0.05, 0.1) is 5.30 Å². The predicted octanol–water partition coefficient (Wildman–Crippen LogP) is 3.34. The number of halogens is 4. The zero-order valence-corrected chi connectivity index (χ0v) is 10.9. The Morgan fingerprint density at radius 2 is 1.25 bits per heavy atom. The van der Waals surface area contributed by atoms with Crippen LogP contribution in [-0.2, 0) is 12.8 Å². The van der Waals surface area contributed by atoms with E-state index in [-0.39, 0.29) is 0 Å². The monoisotopic (exact) mass is 254 g/mol. The molecule has 0 aliphatic carbocycles. The van der Waals surface area contributed by atoms with Gasteiger partial charge < -0.3 is 17.3 Å². The topological polar surface area (TPSA) is 0 Å². The Labute approximate surface area is 95.7 Å². The average Bonchev–Trinajstić information content (AvgIpc) is 2.14. The number of hydrogen-bond acceptors (Lipinski definition) is 0. The molecule has 6 heteroatoms. The lowest BCUT2D eigenvalue weighted by atomic mass is 10.1. The van der Waals surface area contributed by atoms with Gasteiger partial charge in [0, 0.05) is 9.24 Å². The van der Waals surface area contributed by atoms with Crippen LogP contribution < -0.4 is 5.30 Å². The van der Waals surface area contributed by atoms with Crippen molar-refractivity contribution in [2.45, 2.75) is 26.7 Å². The summed E-state index contributed by atoms with van der Waals surface area (Å²) in [4.78, 5) is 0. The summed E-state index contributed by atoms with van der Waals surface area (Å²) in [6, 6.07) is 6.85. The van der Waals surface area contributed by atoms with Crippen LogP contribution in [0.4, 0.5) is 17.3 Å². The second-order valence-corrected chi connectivity index (χ2v) is 4.18. The predicted molar refractivity (Wildman–Crippen MR) is 66.1 cm³/mol. The summed E-state index contributed by atoms with van der Waals surface area (Å²) >= 11 is 0. The van der Waals surface area contributed by atoms with Crippen molar-refractivity contribution in [1.29, 1.82) is 0 Å². The summed E-state index contributed by atoms with van der Waals surface area (Å²) in [6.07, 6.45) is 2.30. The minimum Gasteiger partial charge on any atom is -0.418 e. The number of aryl methyl sites for hydroxylation is 2. The summed E-state index contributed by atoms with van der Waals surface area (Å²) in [5.41, 5.74) is 2.93. The van der Waals surface area contributed by atoms with Gasteiger partial charge in [0.1, 0.15) is 0 Å². The second-order valence-electron chi connectivity index (χ2n) is 3.36. The maximum Gasteiger partial charge on any atom is 0.673 e. The van der Waals surface area contributed by atoms with Gasteiger partial charge in [-0.3, -0.25) is 0 Å². The molecule has 0 spiro atoms. The van der Waals surface area contributed by atoms with Gasteiger partial charge >= 0.3 is 7.25 Å². The van der Waals surface area contributed by atoms with Crippen LogP contribution in [0.25, 0.3) is 0 Å². The third-order valence-corrected chi connectivity index (χ3v) is 2.34. The number of benzene rings is 1. The molecule has 0 radical (unpaired) electrons. The zero-order valence-electron chi connectivity index (χ0n) is 9.44. The van der Waals surface area contributed by atoms with Crippen molar-refractivity contribution in [1.82, 2.24) is 0 Å². The first-order valence-corrected chi connectivity index (χ1v) is 5.79. The molecule has 0 N–H and O–H groups in total. The van der Waals surface area contributed by atoms with Crippen LogP contribution in [0.1, 0.15) is 25.0 Å².